The molecule has 0 spiro atoms. The molecule has 1 fully saturated rings. The molecular formula is C18H30O3. The predicted octanol–water partition coefficient (Wildman–Crippen LogP) is 4.87. The number of hydrogen-bond acceptors (Lipinski definition) is 2. The van der Waals surface area contributed by atoms with Crippen LogP contribution in [0.3, 0.4) is 0 Å². The highest BCUT2D eigenvalue weighted by molar-refractivity contribution is 5.80. The third-order valence-corrected chi connectivity index (χ3v) is 3.88. The van der Waals surface area contributed by atoms with Crippen molar-refractivity contribution in [3.8, 4) is 0 Å². The van der Waals surface area contributed by atoms with Gasteiger partial charge in [-0.15, -0.1) is 0 Å². The molecule has 3 nitrogen and oxygen atoms in total. The second-order valence-electron chi connectivity index (χ2n) is 5.83. The lowest BCUT2D eigenvalue weighted by Gasteiger charge is -1.98. The molecule has 0 aromatic heterocycles. The first kappa shape index (κ1) is 18.0. The second kappa shape index (κ2) is 11.6. The minimum absolute atomic E-state index is 0.558. The van der Waals surface area contributed by atoms with E-state index in [1.165, 1.54) is 57.8 Å². The maximum absolute atomic E-state index is 10.2. The van der Waals surface area contributed by atoms with Crippen molar-refractivity contribution in [2.45, 2.75) is 83.3 Å². The lowest BCUT2D eigenvalue weighted by Crippen LogP contribution is -1.94. The van der Waals surface area contributed by atoms with Crippen LogP contribution in [0.15, 0.2) is 24.3 Å². The molecule has 1 N–H and O–H groups in total. The van der Waals surface area contributed by atoms with E-state index in [1.807, 2.05) is 12.2 Å². The molecular weight excluding hydrogens is 264 g/mol. The van der Waals surface area contributed by atoms with Gasteiger partial charge in [0.15, 0.2) is 0 Å². The Labute approximate surface area is 129 Å². The molecule has 21 heavy (non-hydrogen) atoms. The molecule has 0 aromatic carbocycles. The summed E-state index contributed by atoms with van der Waals surface area (Å²) in [6.45, 7) is 2.24. The highest BCUT2D eigenvalue weighted by Gasteiger charge is 2.36. The van der Waals surface area contributed by atoms with Crippen LogP contribution >= 0.6 is 0 Å². The fourth-order valence-electron chi connectivity index (χ4n) is 2.56. The molecule has 0 radical (unpaired) electrons. The number of unbranched alkanes of at least 4 members (excludes halogenated alkanes) is 6. The van der Waals surface area contributed by atoms with E-state index in [4.69, 9.17) is 9.84 Å². The zero-order chi connectivity index (χ0) is 15.3. The van der Waals surface area contributed by atoms with Crippen molar-refractivity contribution in [2.24, 2.45) is 0 Å². The number of carboxylic acids is 1. The zero-order valence-electron chi connectivity index (χ0n) is 13.3. The Balaban J connectivity index is 1.82. The van der Waals surface area contributed by atoms with Gasteiger partial charge in [-0.3, -0.25) is 0 Å². The molecule has 1 heterocycles. The predicted molar refractivity (Wildman–Crippen MR) is 86.4 cm³/mol. The number of hydrogen-bond donors (Lipinski definition) is 1. The quantitative estimate of drug-likeness (QED) is 0.228. The average molecular weight is 294 g/mol. The van der Waals surface area contributed by atoms with Gasteiger partial charge < -0.3 is 9.84 Å². The summed E-state index contributed by atoms with van der Waals surface area (Å²) in [4.78, 5) is 10.2. The maximum Gasteiger partial charge on any atom is 0.328 e. The van der Waals surface area contributed by atoms with Gasteiger partial charge in [-0.2, -0.15) is 0 Å². The van der Waals surface area contributed by atoms with Crippen LogP contribution in [-0.2, 0) is 9.53 Å². The summed E-state index contributed by atoms with van der Waals surface area (Å²) in [6.07, 6.45) is 20.2. The van der Waals surface area contributed by atoms with Crippen LogP contribution in [0.2, 0.25) is 0 Å². The zero-order valence-corrected chi connectivity index (χ0v) is 13.3. The first-order valence-corrected chi connectivity index (χ1v) is 8.45. The summed E-state index contributed by atoms with van der Waals surface area (Å²) in [7, 11) is 0. The van der Waals surface area contributed by atoms with Crippen LogP contribution in [0.25, 0.3) is 0 Å². The van der Waals surface area contributed by atoms with E-state index in [1.54, 1.807) is 6.08 Å². The molecule has 0 saturated carbocycles. The lowest BCUT2D eigenvalue weighted by molar-refractivity contribution is -0.131. The van der Waals surface area contributed by atoms with Crippen molar-refractivity contribution >= 4 is 5.97 Å². The van der Waals surface area contributed by atoms with E-state index in [0.29, 0.717) is 12.2 Å². The molecule has 120 valence electrons. The highest BCUT2D eigenvalue weighted by atomic mass is 16.6. The molecule has 1 aliphatic rings. The van der Waals surface area contributed by atoms with Gasteiger partial charge >= 0.3 is 5.97 Å². The largest absolute Gasteiger partial charge is 0.478 e. The topological polar surface area (TPSA) is 49.8 Å². The van der Waals surface area contributed by atoms with Crippen molar-refractivity contribution in [2.75, 3.05) is 0 Å². The van der Waals surface area contributed by atoms with E-state index in [9.17, 15) is 4.79 Å². The monoisotopic (exact) mass is 294 g/mol. The number of ether oxygens (including phenoxy) is 1. The Morgan fingerprint density at radius 1 is 1.00 bits per heavy atom. The third kappa shape index (κ3) is 10.3. The highest BCUT2D eigenvalue weighted by Crippen LogP contribution is 2.31. The van der Waals surface area contributed by atoms with E-state index < -0.39 is 5.97 Å². The maximum atomic E-state index is 10.2. The molecule has 1 aliphatic heterocycles. The molecule has 1 rings (SSSR count). The summed E-state index contributed by atoms with van der Waals surface area (Å²) in [5.41, 5.74) is 0. The van der Waals surface area contributed by atoms with Gasteiger partial charge in [0.2, 0.25) is 0 Å². The van der Waals surface area contributed by atoms with Crippen LogP contribution < -0.4 is 0 Å². The Kier molecular flexibility index (Phi) is 9.88. The van der Waals surface area contributed by atoms with Crippen LogP contribution in [0, 0.1) is 0 Å². The van der Waals surface area contributed by atoms with Crippen molar-refractivity contribution in [1.29, 1.82) is 0 Å². The van der Waals surface area contributed by atoms with Gasteiger partial charge in [-0.25, -0.2) is 4.79 Å². The normalized spacial score (nSPS) is 21.4. The van der Waals surface area contributed by atoms with Gasteiger partial charge in [0, 0.05) is 6.08 Å². The summed E-state index contributed by atoms with van der Waals surface area (Å²) in [5.74, 6) is -0.894. The summed E-state index contributed by atoms with van der Waals surface area (Å²) in [6, 6.07) is 0. The lowest BCUT2D eigenvalue weighted by atomic mass is 10.1. The Morgan fingerprint density at radius 2 is 1.67 bits per heavy atom. The average Bonchev–Trinajstić information content (AvgIpc) is 3.19. The van der Waals surface area contributed by atoms with Gasteiger partial charge in [-0.1, -0.05) is 63.7 Å². The number of allylic oxidation sites excluding steroid dienone is 3. The second-order valence-corrected chi connectivity index (χ2v) is 5.83. The van der Waals surface area contributed by atoms with Crippen LogP contribution in [0.1, 0.15) is 71.1 Å². The Hall–Kier alpha value is -1.09. The minimum Gasteiger partial charge on any atom is -0.478 e. The molecule has 2 atom stereocenters. The summed E-state index contributed by atoms with van der Waals surface area (Å²) in [5, 5.41) is 8.41. The molecule has 0 bridgehead atoms. The van der Waals surface area contributed by atoms with Gasteiger partial charge in [0.05, 0.1) is 12.2 Å². The Morgan fingerprint density at radius 3 is 2.33 bits per heavy atom. The van der Waals surface area contributed by atoms with Crippen molar-refractivity contribution < 1.29 is 14.6 Å². The van der Waals surface area contributed by atoms with E-state index in [0.717, 1.165) is 12.5 Å². The van der Waals surface area contributed by atoms with Crippen LogP contribution in [0.4, 0.5) is 0 Å². The number of carboxylic acid groups (broad SMARTS) is 1. The van der Waals surface area contributed by atoms with E-state index in [2.05, 4.69) is 6.92 Å². The number of carbonyl (C=O) groups is 1. The summed E-state index contributed by atoms with van der Waals surface area (Å²) >= 11 is 0. The smallest absolute Gasteiger partial charge is 0.328 e. The standard InChI is InChI=1S/C18H30O3/c1-2-3-10-13-16-17(21-16)14-11-8-6-4-5-7-9-12-15-18(19)20/h7,9,12,15-17H,2-6,8,10-11,13-14H2,1H3,(H,19,20)/b9-7+,15-12+. The minimum atomic E-state index is -0.894. The first-order valence-electron chi connectivity index (χ1n) is 8.45. The van der Waals surface area contributed by atoms with Gasteiger partial charge in [0.25, 0.3) is 0 Å². The van der Waals surface area contributed by atoms with E-state index >= 15 is 0 Å². The number of rotatable bonds is 13. The van der Waals surface area contributed by atoms with Gasteiger partial charge in [0.1, 0.15) is 0 Å². The van der Waals surface area contributed by atoms with Crippen molar-refractivity contribution in [3.05, 3.63) is 24.3 Å². The fourth-order valence-corrected chi connectivity index (χ4v) is 2.56. The molecule has 1 saturated heterocycles. The SMILES string of the molecule is CCCCCC1OC1CCCCCC/C=C/C=C/C(=O)O. The van der Waals surface area contributed by atoms with Crippen molar-refractivity contribution in [1.82, 2.24) is 0 Å². The molecule has 0 amide bonds. The van der Waals surface area contributed by atoms with Crippen LogP contribution in [0.5, 0.6) is 0 Å². The molecule has 3 heteroatoms. The third-order valence-electron chi connectivity index (χ3n) is 3.88. The molecule has 0 aromatic rings. The molecule has 2 unspecified atom stereocenters. The molecule has 0 aliphatic carbocycles. The Bertz CT molecular complexity index is 333. The summed E-state index contributed by atoms with van der Waals surface area (Å²) < 4.78 is 5.69. The van der Waals surface area contributed by atoms with Crippen LogP contribution in [-0.4, -0.2) is 23.3 Å². The van der Waals surface area contributed by atoms with Crippen molar-refractivity contribution in [3.63, 3.8) is 0 Å². The number of epoxide rings is 1. The fraction of sp³-hybridized carbons (Fsp3) is 0.722. The van der Waals surface area contributed by atoms with E-state index in [-0.39, 0.29) is 0 Å². The first-order chi connectivity index (χ1) is 10.2. The number of aliphatic carboxylic acids is 1. The van der Waals surface area contributed by atoms with Gasteiger partial charge in [-0.05, 0) is 25.7 Å².